The second-order valence-electron chi connectivity index (χ2n) is 4.80. The van der Waals surface area contributed by atoms with Crippen molar-refractivity contribution in [2.75, 3.05) is 25.1 Å². The van der Waals surface area contributed by atoms with Crippen LogP contribution in [-0.2, 0) is 4.79 Å². The summed E-state index contributed by atoms with van der Waals surface area (Å²) in [6, 6.07) is 5.69. The summed E-state index contributed by atoms with van der Waals surface area (Å²) in [6.45, 7) is 3.86. The standard InChI is InChI=1S/C14H19NO4/c1-10(7-14(16)17)9-15-11-3-4-12-13(8-11)19-6-2-5-18-12/h3-4,8,10,15H,2,5-7,9H2,1H3,(H,16,17). The van der Waals surface area contributed by atoms with E-state index in [2.05, 4.69) is 5.32 Å². The molecule has 1 atom stereocenters. The van der Waals surface area contributed by atoms with Gasteiger partial charge in [0.25, 0.3) is 0 Å². The Labute approximate surface area is 112 Å². The molecule has 1 aliphatic rings. The van der Waals surface area contributed by atoms with E-state index in [4.69, 9.17) is 14.6 Å². The third-order valence-corrected chi connectivity index (χ3v) is 2.93. The van der Waals surface area contributed by atoms with Gasteiger partial charge in [0.2, 0.25) is 0 Å². The molecule has 1 aromatic carbocycles. The lowest BCUT2D eigenvalue weighted by molar-refractivity contribution is -0.137. The van der Waals surface area contributed by atoms with Crippen LogP contribution in [0.1, 0.15) is 19.8 Å². The van der Waals surface area contributed by atoms with E-state index in [-0.39, 0.29) is 12.3 Å². The summed E-state index contributed by atoms with van der Waals surface area (Å²) in [5.41, 5.74) is 0.918. The average molecular weight is 265 g/mol. The van der Waals surface area contributed by atoms with Crippen molar-refractivity contribution < 1.29 is 19.4 Å². The number of hydrogen-bond acceptors (Lipinski definition) is 4. The van der Waals surface area contributed by atoms with Gasteiger partial charge in [-0.05, 0) is 18.1 Å². The Morgan fingerprint density at radius 3 is 2.84 bits per heavy atom. The lowest BCUT2D eigenvalue weighted by atomic mass is 10.1. The molecule has 5 heteroatoms. The molecule has 0 saturated heterocycles. The zero-order valence-corrected chi connectivity index (χ0v) is 11.0. The number of anilines is 1. The van der Waals surface area contributed by atoms with Crippen molar-refractivity contribution in [3.8, 4) is 11.5 Å². The predicted molar refractivity (Wildman–Crippen MR) is 72.0 cm³/mol. The summed E-state index contributed by atoms with van der Waals surface area (Å²) in [7, 11) is 0. The lowest BCUT2D eigenvalue weighted by Gasteiger charge is -2.13. The van der Waals surface area contributed by atoms with E-state index in [0.29, 0.717) is 19.8 Å². The first kappa shape index (κ1) is 13.5. The number of aliphatic carboxylic acids is 1. The van der Waals surface area contributed by atoms with Gasteiger partial charge in [0.05, 0.1) is 13.2 Å². The first-order chi connectivity index (χ1) is 9.15. The van der Waals surface area contributed by atoms with Crippen LogP contribution in [-0.4, -0.2) is 30.8 Å². The highest BCUT2D eigenvalue weighted by Crippen LogP contribution is 2.32. The molecule has 0 aliphatic carbocycles. The minimum Gasteiger partial charge on any atom is -0.490 e. The minimum absolute atomic E-state index is 0.0773. The molecule has 1 aromatic rings. The summed E-state index contributed by atoms with van der Waals surface area (Å²) in [5.74, 6) is 0.816. The fraction of sp³-hybridized carbons (Fsp3) is 0.500. The molecule has 2 N–H and O–H groups in total. The highest BCUT2D eigenvalue weighted by Gasteiger charge is 2.11. The second kappa shape index (κ2) is 6.31. The van der Waals surface area contributed by atoms with Crippen LogP contribution < -0.4 is 14.8 Å². The van der Waals surface area contributed by atoms with Crippen molar-refractivity contribution in [1.29, 1.82) is 0 Å². The van der Waals surface area contributed by atoms with Gasteiger partial charge >= 0.3 is 5.97 Å². The van der Waals surface area contributed by atoms with Crippen LogP contribution in [0.15, 0.2) is 18.2 Å². The Bertz CT molecular complexity index is 447. The van der Waals surface area contributed by atoms with E-state index in [9.17, 15) is 4.79 Å². The maximum atomic E-state index is 10.6. The molecule has 1 heterocycles. The summed E-state index contributed by atoms with van der Waals surface area (Å²) < 4.78 is 11.2. The van der Waals surface area contributed by atoms with E-state index >= 15 is 0 Å². The van der Waals surface area contributed by atoms with Crippen LogP contribution >= 0.6 is 0 Å². The Hall–Kier alpha value is -1.91. The number of carbonyl (C=O) groups is 1. The molecule has 0 radical (unpaired) electrons. The van der Waals surface area contributed by atoms with Crippen LogP contribution in [0.4, 0.5) is 5.69 Å². The highest BCUT2D eigenvalue weighted by molar-refractivity contribution is 5.67. The fourth-order valence-electron chi connectivity index (χ4n) is 1.94. The summed E-state index contributed by atoms with van der Waals surface area (Å²) in [5, 5.41) is 11.9. The number of rotatable bonds is 5. The number of fused-ring (bicyclic) bond motifs is 1. The Morgan fingerprint density at radius 1 is 1.37 bits per heavy atom. The van der Waals surface area contributed by atoms with Gasteiger partial charge in [-0.25, -0.2) is 0 Å². The average Bonchev–Trinajstić information content (AvgIpc) is 2.60. The van der Waals surface area contributed by atoms with E-state index < -0.39 is 5.97 Å². The van der Waals surface area contributed by atoms with Crippen molar-refractivity contribution in [3.05, 3.63) is 18.2 Å². The first-order valence-corrected chi connectivity index (χ1v) is 6.50. The number of benzene rings is 1. The molecule has 2 rings (SSSR count). The third kappa shape index (κ3) is 4.05. The SMILES string of the molecule is CC(CNc1ccc2c(c1)OCCCO2)CC(=O)O. The van der Waals surface area contributed by atoms with Crippen LogP contribution in [0.3, 0.4) is 0 Å². The van der Waals surface area contributed by atoms with E-state index in [1.807, 2.05) is 25.1 Å². The quantitative estimate of drug-likeness (QED) is 0.855. The molecule has 0 aromatic heterocycles. The predicted octanol–water partition coefficient (Wildman–Crippen LogP) is 2.37. The molecule has 0 bridgehead atoms. The van der Waals surface area contributed by atoms with Gasteiger partial charge in [-0.1, -0.05) is 6.92 Å². The summed E-state index contributed by atoms with van der Waals surface area (Å²) in [6.07, 6.45) is 1.05. The molecule has 104 valence electrons. The van der Waals surface area contributed by atoms with Crippen LogP contribution in [0.2, 0.25) is 0 Å². The molecule has 0 fully saturated rings. The summed E-state index contributed by atoms with van der Waals surface area (Å²) in [4.78, 5) is 10.6. The Kier molecular flexibility index (Phi) is 4.49. The first-order valence-electron chi connectivity index (χ1n) is 6.50. The number of carboxylic acids is 1. The van der Waals surface area contributed by atoms with Crippen molar-refractivity contribution in [3.63, 3.8) is 0 Å². The lowest BCUT2D eigenvalue weighted by Crippen LogP contribution is -2.14. The molecular formula is C14H19NO4. The van der Waals surface area contributed by atoms with Gasteiger partial charge in [-0.2, -0.15) is 0 Å². The van der Waals surface area contributed by atoms with Crippen molar-refractivity contribution in [2.24, 2.45) is 5.92 Å². The largest absolute Gasteiger partial charge is 0.490 e. The van der Waals surface area contributed by atoms with E-state index in [1.165, 1.54) is 0 Å². The third-order valence-electron chi connectivity index (χ3n) is 2.93. The van der Waals surface area contributed by atoms with Crippen molar-refractivity contribution in [2.45, 2.75) is 19.8 Å². The van der Waals surface area contributed by atoms with Crippen molar-refractivity contribution >= 4 is 11.7 Å². The molecule has 0 amide bonds. The zero-order valence-electron chi connectivity index (χ0n) is 11.0. The van der Waals surface area contributed by atoms with Gasteiger partial charge in [-0.15, -0.1) is 0 Å². The molecule has 1 unspecified atom stereocenters. The molecule has 0 spiro atoms. The van der Waals surface area contributed by atoms with Gasteiger partial charge in [-0.3, -0.25) is 4.79 Å². The van der Waals surface area contributed by atoms with Crippen molar-refractivity contribution in [1.82, 2.24) is 0 Å². The highest BCUT2D eigenvalue weighted by atomic mass is 16.5. The topological polar surface area (TPSA) is 67.8 Å². The molecule has 19 heavy (non-hydrogen) atoms. The molecule has 1 aliphatic heterocycles. The zero-order chi connectivity index (χ0) is 13.7. The number of hydrogen-bond donors (Lipinski definition) is 2. The Balaban J connectivity index is 1.94. The molecule has 5 nitrogen and oxygen atoms in total. The number of carboxylic acid groups (broad SMARTS) is 1. The maximum Gasteiger partial charge on any atom is 0.303 e. The normalized spacial score (nSPS) is 15.4. The van der Waals surface area contributed by atoms with Crippen LogP contribution in [0.5, 0.6) is 11.5 Å². The fourth-order valence-corrected chi connectivity index (χ4v) is 1.94. The van der Waals surface area contributed by atoms with Gasteiger partial charge in [0.15, 0.2) is 11.5 Å². The monoisotopic (exact) mass is 265 g/mol. The van der Waals surface area contributed by atoms with E-state index in [1.54, 1.807) is 0 Å². The molecular weight excluding hydrogens is 246 g/mol. The number of nitrogens with one attached hydrogen (secondary N) is 1. The second-order valence-corrected chi connectivity index (χ2v) is 4.80. The van der Waals surface area contributed by atoms with Gasteiger partial charge in [0, 0.05) is 31.1 Å². The van der Waals surface area contributed by atoms with Crippen LogP contribution in [0.25, 0.3) is 0 Å². The van der Waals surface area contributed by atoms with Gasteiger partial charge < -0.3 is 19.9 Å². The number of ether oxygens (including phenoxy) is 2. The summed E-state index contributed by atoms with van der Waals surface area (Å²) >= 11 is 0. The van der Waals surface area contributed by atoms with Gasteiger partial charge in [0.1, 0.15) is 0 Å². The maximum absolute atomic E-state index is 10.6. The van der Waals surface area contributed by atoms with E-state index in [0.717, 1.165) is 23.6 Å². The van der Waals surface area contributed by atoms with Crippen LogP contribution in [0, 0.1) is 5.92 Å². The molecule has 0 saturated carbocycles. The smallest absolute Gasteiger partial charge is 0.303 e. The minimum atomic E-state index is -0.770. The Morgan fingerprint density at radius 2 is 2.11 bits per heavy atom.